The Kier molecular flexibility index (Phi) is 3.88. The van der Waals surface area contributed by atoms with Gasteiger partial charge in [0.1, 0.15) is 5.75 Å². The molecular formula is C16H19NO. The zero-order valence-corrected chi connectivity index (χ0v) is 11.1. The van der Waals surface area contributed by atoms with Gasteiger partial charge in [-0.05, 0) is 43.2 Å². The second kappa shape index (κ2) is 5.58. The summed E-state index contributed by atoms with van der Waals surface area (Å²) in [7, 11) is 1.69. The van der Waals surface area contributed by atoms with Crippen LogP contribution in [0.25, 0.3) is 0 Å². The summed E-state index contributed by atoms with van der Waals surface area (Å²) >= 11 is 0. The fraction of sp³-hybridized carbons (Fsp3) is 0.250. The Morgan fingerprint density at radius 2 is 1.78 bits per heavy atom. The Morgan fingerprint density at radius 1 is 1.06 bits per heavy atom. The van der Waals surface area contributed by atoms with Crippen LogP contribution in [0, 0.1) is 6.92 Å². The smallest absolute Gasteiger partial charge is 0.119 e. The van der Waals surface area contributed by atoms with Gasteiger partial charge in [-0.3, -0.25) is 0 Å². The highest BCUT2D eigenvalue weighted by Gasteiger charge is 2.06. The third-order valence-corrected chi connectivity index (χ3v) is 3.11. The molecule has 0 heterocycles. The van der Waals surface area contributed by atoms with Crippen LogP contribution < -0.4 is 10.1 Å². The molecule has 0 aromatic heterocycles. The molecule has 0 saturated heterocycles. The van der Waals surface area contributed by atoms with Gasteiger partial charge >= 0.3 is 0 Å². The van der Waals surface area contributed by atoms with Crippen LogP contribution in [-0.4, -0.2) is 7.11 Å². The summed E-state index contributed by atoms with van der Waals surface area (Å²) < 4.78 is 5.21. The van der Waals surface area contributed by atoms with Crippen LogP contribution >= 0.6 is 0 Å². The first kappa shape index (κ1) is 12.5. The summed E-state index contributed by atoms with van der Waals surface area (Å²) in [5.74, 6) is 0.894. The minimum absolute atomic E-state index is 0.290. The second-order valence-corrected chi connectivity index (χ2v) is 4.46. The van der Waals surface area contributed by atoms with Gasteiger partial charge in [-0.2, -0.15) is 0 Å². The fourth-order valence-electron chi connectivity index (χ4n) is 1.98. The second-order valence-electron chi connectivity index (χ2n) is 4.46. The van der Waals surface area contributed by atoms with E-state index in [4.69, 9.17) is 4.74 Å². The van der Waals surface area contributed by atoms with Gasteiger partial charge in [0.25, 0.3) is 0 Å². The summed E-state index contributed by atoms with van der Waals surface area (Å²) in [5.41, 5.74) is 3.62. The van der Waals surface area contributed by atoms with Gasteiger partial charge in [-0.15, -0.1) is 0 Å². The lowest BCUT2D eigenvalue weighted by Gasteiger charge is -2.17. The maximum Gasteiger partial charge on any atom is 0.119 e. The van der Waals surface area contributed by atoms with Gasteiger partial charge in [0.05, 0.1) is 7.11 Å². The molecule has 0 spiro atoms. The molecule has 0 amide bonds. The van der Waals surface area contributed by atoms with E-state index in [1.165, 1.54) is 11.1 Å². The summed E-state index contributed by atoms with van der Waals surface area (Å²) in [6.45, 7) is 4.25. The highest BCUT2D eigenvalue weighted by molar-refractivity contribution is 5.54. The molecule has 0 aliphatic heterocycles. The quantitative estimate of drug-likeness (QED) is 0.867. The van der Waals surface area contributed by atoms with Crippen molar-refractivity contribution in [3.05, 3.63) is 59.7 Å². The number of hydrogen-bond acceptors (Lipinski definition) is 2. The summed E-state index contributed by atoms with van der Waals surface area (Å²) in [5, 5.41) is 3.52. The minimum atomic E-state index is 0.290. The van der Waals surface area contributed by atoms with Crippen LogP contribution in [0.3, 0.4) is 0 Å². The van der Waals surface area contributed by atoms with Crippen molar-refractivity contribution in [2.45, 2.75) is 19.9 Å². The molecule has 1 unspecified atom stereocenters. The van der Waals surface area contributed by atoms with Crippen molar-refractivity contribution in [2.24, 2.45) is 0 Å². The van der Waals surface area contributed by atoms with Gasteiger partial charge in [-0.1, -0.05) is 30.3 Å². The third-order valence-electron chi connectivity index (χ3n) is 3.11. The molecule has 0 fully saturated rings. The molecular weight excluding hydrogens is 222 g/mol. The van der Waals surface area contributed by atoms with Gasteiger partial charge in [0.2, 0.25) is 0 Å². The van der Waals surface area contributed by atoms with E-state index < -0.39 is 0 Å². The van der Waals surface area contributed by atoms with Crippen LogP contribution in [0.4, 0.5) is 5.69 Å². The summed E-state index contributed by atoms with van der Waals surface area (Å²) in [6, 6.07) is 16.8. The van der Waals surface area contributed by atoms with E-state index in [2.05, 4.69) is 49.5 Å². The highest BCUT2D eigenvalue weighted by atomic mass is 16.5. The Labute approximate surface area is 109 Å². The molecule has 2 aromatic rings. The van der Waals surface area contributed by atoms with Gasteiger partial charge in [0.15, 0.2) is 0 Å². The monoisotopic (exact) mass is 241 g/mol. The topological polar surface area (TPSA) is 21.3 Å². The first-order valence-electron chi connectivity index (χ1n) is 6.17. The number of ether oxygens (including phenoxy) is 1. The highest BCUT2D eigenvalue weighted by Crippen LogP contribution is 2.25. The predicted octanol–water partition coefficient (Wildman–Crippen LogP) is 4.18. The molecule has 94 valence electrons. The van der Waals surface area contributed by atoms with Crippen molar-refractivity contribution < 1.29 is 4.74 Å². The Morgan fingerprint density at radius 3 is 2.39 bits per heavy atom. The number of benzene rings is 2. The van der Waals surface area contributed by atoms with Crippen LogP contribution in [0.2, 0.25) is 0 Å². The first-order chi connectivity index (χ1) is 8.70. The van der Waals surface area contributed by atoms with Crippen LogP contribution in [-0.2, 0) is 0 Å². The summed E-state index contributed by atoms with van der Waals surface area (Å²) in [4.78, 5) is 0. The molecule has 1 atom stereocenters. The predicted molar refractivity (Wildman–Crippen MR) is 76.2 cm³/mol. The van der Waals surface area contributed by atoms with Crippen molar-refractivity contribution in [1.29, 1.82) is 0 Å². The van der Waals surface area contributed by atoms with Gasteiger partial charge in [-0.25, -0.2) is 0 Å². The average molecular weight is 241 g/mol. The number of anilines is 1. The van der Waals surface area contributed by atoms with E-state index >= 15 is 0 Å². The molecule has 2 nitrogen and oxygen atoms in total. The molecule has 2 aromatic carbocycles. The number of hydrogen-bond donors (Lipinski definition) is 1. The molecule has 2 heteroatoms. The van der Waals surface area contributed by atoms with Crippen molar-refractivity contribution in [3.8, 4) is 5.75 Å². The fourth-order valence-corrected chi connectivity index (χ4v) is 1.98. The van der Waals surface area contributed by atoms with Crippen molar-refractivity contribution in [3.63, 3.8) is 0 Å². The molecule has 0 aliphatic carbocycles. The zero-order chi connectivity index (χ0) is 13.0. The zero-order valence-electron chi connectivity index (χ0n) is 11.1. The Balaban J connectivity index is 2.14. The Hall–Kier alpha value is -1.96. The van der Waals surface area contributed by atoms with E-state index in [0.29, 0.717) is 6.04 Å². The molecule has 18 heavy (non-hydrogen) atoms. The van der Waals surface area contributed by atoms with E-state index in [0.717, 1.165) is 11.4 Å². The van der Waals surface area contributed by atoms with E-state index in [-0.39, 0.29) is 0 Å². The maximum atomic E-state index is 5.21. The number of methoxy groups -OCH3 is 1. The Bertz CT molecular complexity index is 508. The standard InChI is InChI=1S/C16H19NO/c1-12-11-15(18-3)9-10-16(12)17-13(2)14-7-5-4-6-8-14/h4-11,13,17H,1-3H3. The SMILES string of the molecule is COc1ccc(NC(C)c2ccccc2)c(C)c1. The molecule has 0 aliphatic rings. The van der Waals surface area contributed by atoms with Gasteiger partial charge < -0.3 is 10.1 Å². The summed E-state index contributed by atoms with van der Waals surface area (Å²) in [6.07, 6.45) is 0. The number of rotatable bonds is 4. The first-order valence-corrected chi connectivity index (χ1v) is 6.17. The van der Waals surface area contributed by atoms with Crippen LogP contribution in [0.1, 0.15) is 24.1 Å². The van der Waals surface area contributed by atoms with Crippen molar-refractivity contribution in [1.82, 2.24) is 0 Å². The number of aryl methyl sites for hydroxylation is 1. The number of nitrogens with one attached hydrogen (secondary N) is 1. The van der Waals surface area contributed by atoms with Gasteiger partial charge in [0, 0.05) is 11.7 Å². The molecule has 0 radical (unpaired) electrons. The minimum Gasteiger partial charge on any atom is -0.497 e. The maximum absolute atomic E-state index is 5.21. The third kappa shape index (κ3) is 2.83. The van der Waals surface area contributed by atoms with E-state index in [1.807, 2.05) is 18.2 Å². The van der Waals surface area contributed by atoms with E-state index in [1.54, 1.807) is 7.11 Å². The van der Waals surface area contributed by atoms with Crippen LogP contribution in [0.15, 0.2) is 48.5 Å². The average Bonchev–Trinajstić information content (AvgIpc) is 2.42. The molecule has 2 rings (SSSR count). The van der Waals surface area contributed by atoms with Crippen molar-refractivity contribution in [2.75, 3.05) is 12.4 Å². The molecule has 0 saturated carbocycles. The lowest BCUT2D eigenvalue weighted by Crippen LogP contribution is -2.07. The van der Waals surface area contributed by atoms with Crippen LogP contribution in [0.5, 0.6) is 5.75 Å². The largest absolute Gasteiger partial charge is 0.497 e. The van der Waals surface area contributed by atoms with E-state index in [9.17, 15) is 0 Å². The lowest BCUT2D eigenvalue weighted by atomic mass is 10.1. The molecule has 0 bridgehead atoms. The normalized spacial score (nSPS) is 11.9. The van der Waals surface area contributed by atoms with Crippen molar-refractivity contribution >= 4 is 5.69 Å². The lowest BCUT2D eigenvalue weighted by molar-refractivity contribution is 0.414. The molecule has 1 N–H and O–H groups in total.